The van der Waals surface area contributed by atoms with Crippen molar-refractivity contribution in [2.75, 3.05) is 13.1 Å². The summed E-state index contributed by atoms with van der Waals surface area (Å²) in [6.07, 6.45) is 8.20. The van der Waals surface area contributed by atoms with Crippen molar-refractivity contribution in [1.29, 1.82) is 0 Å². The lowest BCUT2D eigenvalue weighted by molar-refractivity contribution is -0.138. The minimum absolute atomic E-state index is 0.0909. The van der Waals surface area contributed by atoms with Crippen LogP contribution in [0, 0.1) is 12.3 Å². The third kappa shape index (κ3) is 6.79. The van der Waals surface area contributed by atoms with Crippen LogP contribution in [0.2, 0.25) is 0 Å². The van der Waals surface area contributed by atoms with E-state index < -0.39 is 5.97 Å². The molecule has 0 aromatic rings. The average Bonchev–Trinajstić information content (AvgIpc) is 2.34. The molecule has 0 bridgehead atoms. The van der Waals surface area contributed by atoms with E-state index in [2.05, 4.69) is 11.2 Å². The van der Waals surface area contributed by atoms with Crippen LogP contribution in [-0.4, -0.2) is 41.1 Å². The second-order valence-corrected chi connectivity index (χ2v) is 4.17. The Balaban J connectivity index is 4.13. The van der Waals surface area contributed by atoms with Crippen molar-refractivity contribution in [2.24, 2.45) is 0 Å². The van der Waals surface area contributed by atoms with Gasteiger partial charge in [-0.1, -0.05) is 6.92 Å². The SMILES string of the molecule is C#CCCCCNC(=O)N(CC(=O)O)C(C)CC. The number of amides is 2. The van der Waals surface area contributed by atoms with Gasteiger partial charge in [0.15, 0.2) is 0 Å². The third-order valence-corrected chi connectivity index (χ3v) is 2.71. The Bertz CT molecular complexity index is 310. The second kappa shape index (κ2) is 9.34. The first-order chi connectivity index (χ1) is 8.52. The molecule has 0 spiro atoms. The van der Waals surface area contributed by atoms with E-state index in [-0.39, 0.29) is 18.6 Å². The highest BCUT2D eigenvalue weighted by Gasteiger charge is 2.20. The Morgan fingerprint density at radius 3 is 2.61 bits per heavy atom. The summed E-state index contributed by atoms with van der Waals surface area (Å²) in [6, 6.07) is -0.417. The highest BCUT2D eigenvalue weighted by Crippen LogP contribution is 2.04. The molecule has 0 heterocycles. The van der Waals surface area contributed by atoms with Crippen LogP contribution in [0.5, 0.6) is 0 Å². The van der Waals surface area contributed by atoms with E-state index in [9.17, 15) is 9.59 Å². The zero-order valence-corrected chi connectivity index (χ0v) is 11.1. The van der Waals surface area contributed by atoms with Gasteiger partial charge in [-0.25, -0.2) is 4.79 Å². The number of nitrogens with zero attached hydrogens (tertiary/aromatic N) is 1. The minimum Gasteiger partial charge on any atom is -0.480 e. The van der Waals surface area contributed by atoms with Gasteiger partial charge in [0, 0.05) is 19.0 Å². The van der Waals surface area contributed by atoms with Gasteiger partial charge in [0.2, 0.25) is 0 Å². The van der Waals surface area contributed by atoms with Crippen LogP contribution in [-0.2, 0) is 4.79 Å². The Morgan fingerprint density at radius 1 is 1.44 bits per heavy atom. The summed E-state index contributed by atoms with van der Waals surface area (Å²) in [5.74, 6) is 1.53. The molecule has 0 fully saturated rings. The fourth-order valence-electron chi connectivity index (χ4n) is 1.44. The second-order valence-electron chi connectivity index (χ2n) is 4.17. The van der Waals surface area contributed by atoms with Crippen LogP contribution in [0.15, 0.2) is 0 Å². The van der Waals surface area contributed by atoms with Crippen LogP contribution in [0.25, 0.3) is 0 Å². The molecular weight excluding hydrogens is 232 g/mol. The third-order valence-electron chi connectivity index (χ3n) is 2.71. The predicted octanol–water partition coefficient (Wildman–Crippen LogP) is 1.68. The topological polar surface area (TPSA) is 69.6 Å². The highest BCUT2D eigenvalue weighted by atomic mass is 16.4. The van der Waals surface area contributed by atoms with Crippen LogP contribution in [0.4, 0.5) is 4.79 Å². The van der Waals surface area contributed by atoms with Gasteiger partial charge in [0.05, 0.1) is 0 Å². The molecule has 5 nitrogen and oxygen atoms in total. The number of carbonyl (C=O) groups is 2. The highest BCUT2D eigenvalue weighted by molar-refractivity contribution is 5.80. The van der Waals surface area contributed by atoms with E-state index in [0.29, 0.717) is 13.0 Å². The van der Waals surface area contributed by atoms with Crippen molar-refractivity contribution >= 4 is 12.0 Å². The molecule has 0 aliphatic heterocycles. The summed E-state index contributed by atoms with van der Waals surface area (Å²) in [6.45, 7) is 4.00. The molecular formula is C13H22N2O3. The van der Waals surface area contributed by atoms with E-state index in [4.69, 9.17) is 11.5 Å². The van der Waals surface area contributed by atoms with Crippen LogP contribution >= 0.6 is 0 Å². The number of terminal acetylenes is 1. The number of carboxylic acid groups (broad SMARTS) is 1. The van der Waals surface area contributed by atoms with E-state index in [1.165, 1.54) is 4.90 Å². The Hall–Kier alpha value is -1.70. The summed E-state index contributed by atoms with van der Waals surface area (Å²) in [7, 11) is 0. The van der Waals surface area contributed by atoms with Crippen molar-refractivity contribution < 1.29 is 14.7 Å². The molecule has 0 radical (unpaired) electrons. The number of aliphatic carboxylic acids is 1. The average molecular weight is 254 g/mol. The quantitative estimate of drug-likeness (QED) is 0.511. The first-order valence-electron chi connectivity index (χ1n) is 6.22. The summed E-state index contributed by atoms with van der Waals surface area (Å²) >= 11 is 0. The number of hydrogen-bond acceptors (Lipinski definition) is 2. The molecule has 2 N–H and O–H groups in total. The summed E-state index contributed by atoms with van der Waals surface area (Å²) in [5, 5.41) is 11.5. The molecule has 102 valence electrons. The summed E-state index contributed by atoms with van der Waals surface area (Å²) in [4.78, 5) is 23.9. The predicted molar refractivity (Wildman–Crippen MR) is 70.2 cm³/mol. The first kappa shape index (κ1) is 16.3. The van der Waals surface area contributed by atoms with Gasteiger partial charge < -0.3 is 15.3 Å². The van der Waals surface area contributed by atoms with Crippen molar-refractivity contribution in [1.82, 2.24) is 10.2 Å². The van der Waals surface area contributed by atoms with Crippen molar-refractivity contribution in [3.8, 4) is 12.3 Å². The van der Waals surface area contributed by atoms with Gasteiger partial charge in [-0.15, -0.1) is 12.3 Å². The maximum atomic E-state index is 11.8. The number of urea groups is 1. The monoisotopic (exact) mass is 254 g/mol. The maximum absolute atomic E-state index is 11.8. The van der Waals surface area contributed by atoms with Crippen molar-refractivity contribution in [2.45, 2.75) is 45.6 Å². The van der Waals surface area contributed by atoms with Crippen molar-refractivity contribution in [3.05, 3.63) is 0 Å². The lowest BCUT2D eigenvalue weighted by atomic mass is 10.2. The largest absolute Gasteiger partial charge is 0.480 e. The Labute approximate surface area is 109 Å². The van der Waals surface area contributed by atoms with Gasteiger partial charge >= 0.3 is 12.0 Å². The lowest BCUT2D eigenvalue weighted by Gasteiger charge is -2.27. The maximum Gasteiger partial charge on any atom is 0.323 e. The molecule has 0 aromatic heterocycles. The molecule has 5 heteroatoms. The Morgan fingerprint density at radius 2 is 2.11 bits per heavy atom. The van der Waals surface area contributed by atoms with Gasteiger partial charge in [0.25, 0.3) is 0 Å². The van der Waals surface area contributed by atoms with Gasteiger partial charge in [-0.3, -0.25) is 4.79 Å². The molecule has 1 atom stereocenters. The minimum atomic E-state index is -1.00. The van der Waals surface area contributed by atoms with Crippen LogP contribution in [0.3, 0.4) is 0 Å². The van der Waals surface area contributed by atoms with E-state index in [1.54, 1.807) is 0 Å². The van der Waals surface area contributed by atoms with Crippen LogP contribution < -0.4 is 5.32 Å². The molecule has 2 amide bonds. The Kier molecular flexibility index (Phi) is 8.46. The molecule has 18 heavy (non-hydrogen) atoms. The fourth-order valence-corrected chi connectivity index (χ4v) is 1.44. The molecule has 0 saturated heterocycles. The number of carboxylic acids is 1. The van der Waals surface area contributed by atoms with Gasteiger partial charge in [0.1, 0.15) is 6.54 Å². The molecule has 0 aliphatic rings. The van der Waals surface area contributed by atoms with Crippen LogP contribution in [0.1, 0.15) is 39.5 Å². The standard InChI is InChI=1S/C13H22N2O3/c1-4-6-7-8-9-14-13(18)15(10-12(16)17)11(3)5-2/h1,11H,5-10H2,2-3H3,(H,14,18)(H,16,17). The molecule has 0 rings (SSSR count). The molecule has 0 aliphatic carbocycles. The number of nitrogens with one attached hydrogen (secondary N) is 1. The van der Waals surface area contributed by atoms with Gasteiger partial charge in [-0.05, 0) is 26.2 Å². The normalized spacial score (nSPS) is 11.4. The zero-order chi connectivity index (χ0) is 14.0. The summed E-state index contributed by atoms with van der Waals surface area (Å²) in [5.41, 5.74) is 0. The number of carbonyl (C=O) groups excluding carboxylic acids is 1. The number of hydrogen-bond donors (Lipinski definition) is 2. The van der Waals surface area contributed by atoms with E-state index >= 15 is 0 Å². The molecule has 0 saturated carbocycles. The first-order valence-corrected chi connectivity index (χ1v) is 6.22. The smallest absolute Gasteiger partial charge is 0.323 e. The van der Waals surface area contributed by atoms with E-state index in [1.807, 2.05) is 13.8 Å². The lowest BCUT2D eigenvalue weighted by Crippen LogP contribution is -2.47. The number of unbranched alkanes of at least 4 members (excludes halogenated alkanes) is 2. The fraction of sp³-hybridized carbons (Fsp3) is 0.692. The molecule has 0 aromatic carbocycles. The number of rotatable bonds is 8. The molecule has 1 unspecified atom stereocenters. The van der Waals surface area contributed by atoms with Crippen molar-refractivity contribution in [3.63, 3.8) is 0 Å². The van der Waals surface area contributed by atoms with E-state index in [0.717, 1.165) is 19.3 Å². The van der Waals surface area contributed by atoms with Gasteiger partial charge in [-0.2, -0.15) is 0 Å². The summed E-state index contributed by atoms with van der Waals surface area (Å²) < 4.78 is 0. The zero-order valence-electron chi connectivity index (χ0n) is 11.1.